The van der Waals surface area contributed by atoms with Crippen molar-refractivity contribution in [3.05, 3.63) is 35.9 Å². The largest absolute Gasteiger partial charge is 0.480 e. The lowest BCUT2D eigenvalue weighted by Crippen LogP contribution is -2.48. The molecule has 1 aliphatic heterocycles. The summed E-state index contributed by atoms with van der Waals surface area (Å²) in [6.07, 6.45) is 0.330. The maximum absolute atomic E-state index is 12.2. The Morgan fingerprint density at radius 1 is 1.33 bits per heavy atom. The van der Waals surface area contributed by atoms with E-state index in [9.17, 15) is 14.4 Å². The zero-order valence-corrected chi connectivity index (χ0v) is 13.3. The molecule has 2 N–H and O–H groups in total. The fraction of sp³-hybridized carbons (Fsp3) is 0.375. The van der Waals surface area contributed by atoms with E-state index in [1.807, 2.05) is 30.3 Å². The van der Waals surface area contributed by atoms with E-state index in [1.165, 1.54) is 12.1 Å². The molecule has 0 spiro atoms. The summed E-state index contributed by atoms with van der Waals surface area (Å²) in [4.78, 5) is 35.2. The topological polar surface area (TPSA) is 108 Å². The third kappa shape index (κ3) is 4.63. The minimum Gasteiger partial charge on any atom is -0.480 e. The first kappa shape index (κ1) is 17.6. The van der Waals surface area contributed by atoms with Gasteiger partial charge in [-0.15, -0.1) is 0 Å². The third-order valence-corrected chi connectivity index (χ3v) is 3.48. The van der Waals surface area contributed by atoms with Gasteiger partial charge in [-0.25, -0.2) is 9.80 Å². The number of carboxylic acids is 1. The summed E-state index contributed by atoms with van der Waals surface area (Å²) in [6, 6.07) is 8.12. The Balaban J connectivity index is 2.08. The molecule has 0 bridgehead atoms. The van der Waals surface area contributed by atoms with Crippen molar-refractivity contribution >= 4 is 23.5 Å². The predicted molar refractivity (Wildman–Crippen MR) is 85.1 cm³/mol. The monoisotopic (exact) mass is 333 g/mol. The molecule has 0 radical (unpaired) electrons. The van der Waals surface area contributed by atoms with Crippen molar-refractivity contribution < 1.29 is 24.2 Å². The average Bonchev–Trinajstić information content (AvgIpc) is 2.57. The van der Waals surface area contributed by atoms with Gasteiger partial charge in [0.15, 0.2) is 6.04 Å². The molecule has 1 aromatic rings. The van der Waals surface area contributed by atoms with Gasteiger partial charge in [0.1, 0.15) is 5.71 Å². The van der Waals surface area contributed by atoms with Crippen molar-refractivity contribution in [1.82, 2.24) is 10.3 Å². The summed E-state index contributed by atoms with van der Waals surface area (Å²) >= 11 is 0. The highest BCUT2D eigenvalue weighted by Crippen LogP contribution is 2.13. The number of amides is 2. The number of methoxy groups -OCH3 is 1. The van der Waals surface area contributed by atoms with Crippen LogP contribution in [0.15, 0.2) is 35.4 Å². The molecule has 24 heavy (non-hydrogen) atoms. The van der Waals surface area contributed by atoms with E-state index in [4.69, 9.17) is 9.84 Å². The number of hydrogen-bond acceptors (Lipinski definition) is 5. The van der Waals surface area contributed by atoms with Crippen LogP contribution in [0.4, 0.5) is 0 Å². The van der Waals surface area contributed by atoms with Crippen LogP contribution in [0.25, 0.3) is 0 Å². The van der Waals surface area contributed by atoms with Gasteiger partial charge in [0, 0.05) is 20.0 Å². The van der Waals surface area contributed by atoms with E-state index in [0.717, 1.165) is 5.56 Å². The fourth-order valence-corrected chi connectivity index (χ4v) is 2.23. The Hall–Kier alpha value is -2.74. The number of rotatable bonds is 7. The Kier molecular flexibility index (Phi) is 6.02. The normalized spacial score (nSPS) is 15.6. The van der Waals surface area contributed by atoms with Crippen LogP contribution >= 0.6 is 0 Å². The zero-order chi connectivity index (χ0) is 17.5. The molecular weight excluding hydrogens is 314 g/mol. The Morgan fingerprint density at radius 2 is 2.04 bits per heavy atom. The molecule has 0 saturated carbocycles. The summed E-state index contributed by atoms with van der Waals surface area (Å²) in [5.74, 6) is -1.98. The summed E-state index contributed by atoms with van der Waals surface area (Å²) in [5.41, 5.74) is 1.02. The summed E-state index contributed by atoms with van der Waals surface area (Å²) in [5, 5.41) is 16.7. The lowest BCUT2D eigenvalue weighted by atomic mass is 10.1. The van der Waals surface area contributed by atoms with Crippen molar-refractivity contribution in [3.63, 3.8) is 0 Å². The van der Waals surface area contributed by atoms with Crippen molar-refractivity contribution in [3.8, 4) is 0 Å². The first-order valence-electron chi connectivity index (χ1n) is 7.45. The second-order valence-corrected chi connectivity index (χ2v) is 5.30. The van der Waals surface area contributed by atoms with E-state index in [2.05, 4.69) is 10.4 Å². The van der Waals surface area contributed by atoms with Gasteiger partial charge in [-0.05, 0) is 5.56 Å². The molecule has 1 aliphatic rings. The highest BCUT2D eigenvalue weighted by atomic mass is 16.5. The van der Waals surface area contributed by atoms with Crippen LogP contribution in [-0.4, -0.2) is 53.4 Å². The van der Waals surface area contributed by atoms with E-state index < -0.39 is 17.9 Å². The number of benzene rings is 1. The quantitative estimate of drug-likeness (QED) is 0.750. The van der Waals surface area contributed by atoms with Gasteiger partial charge in [0.05, 0.1) is 13.2 Å². The summed E-state index contributed by atoms with van der Waals surface area (Å²) < 4.78 is 4.77. The van der Waals surface area contributed by atoms with Crippen LogP contribution in [0.5, 0.6) is 0 Å². The minimum atomic E-state index is -1.20. The number of aliphatic carboxylic acids is 1. The van der Waals surface area contributed by atoms with E-state index in [0.29, 0.717) is 0 Å². The molecule has 2 rings (SSSR count). The molecule has 8 nitrogen and oxygen atoms in total. The molecule has 8 heteroatoms. The van der Waals surface area contributed by atoms with Crippen LogP contribution in [0.2, 0.25) is 0 Å². The molecule has 1 atom stereocenters. The van der Waals surface area contributed by atoms with E-state index >= 15 is 0 Å². The molecule has 0 fully saturated rings. The number of ether oxygens (including phenoxy) is 1. The second-order valence-electron chi connectivity index (χ2n) is 5.30. The van der Waals surface area contributed by atoms with Gasteiger partial charge < -0.3 is 15.2 Å². The predicted octanol–water partition coefficient (Wildman–Crippen LogP) is 0.381. The maximum Gasteiger partial charge on any atom is 0.328 e. The van der Waals surface area contributed by atoms with E-state index in [-0.39, 0.29) is 37.6 Å². The first-order valence-corrected chi connectivity index (χ1v) is 7.45. The van der Waals surface area contributed by atoms with Gasteiger partial charge in [0.2, 0.25) is 5.91 Å². The molecule has 0 aliphatic carbocycles. The Bertz CT molecular complexity index is 644. The van der Waals surface area contributed by atoms with Crippen molar-refractivity contribution in [2.45, 2.75) is 25.4 Å². The fourth-order valence-electron chi connectivity index (χ4n) is 2.23. The van der Waals surface area contributed by atoms with E-state index in [1.54, 1.807) is 0 Å². The van der Waals surface area contributed by atoms with Crippen molar-refractivity contribution in [1.29, 1.82) is 0 Å². The van der Waals surface area contributed by atoms with Crippen molar-refractivity contribution in [2.24, 2.45) is 5.10 Å². The molecule has 0 aromatic heterocycles. The van der Waals surface area contributed by atoms with Crippen LogP contribution in [0.1, 0.15) is 18.4 Å². The van der Waals surface area contributed by atoms with Crippen molar-refractivity contribution in [2.75, 3.05) is 13.7 Å². The van der Waals surface area contributed by atoms with Gasteiger partial charge in [-0.1, -0.05) is 30.3 Å². The molecule has 1 unspecified atom stereocenters. The third-order valence-electron chi connectivity index (χ3n) is 3.48. The number of carbonyl (C=O) groups is 3. The van der Waals surface area contributed by atoms with Crippen LogP contribution < -0.4 is 5.32 Å². The van der Waals surface area contributed by atoms with Gasteiger partial charge in [-0.2, -0.15) is 5.10 Å². The lowest BCUT2D eigenvalue weighted by molar-refractivity contribution is -0.142. The van der Waals surface area contributed by atoms with Crippen LogP contribution in [-0.2, 0) is 25.7 Å². The van der Waals surface area contributed by atoms with Gasteiger partial charge in [0.25, 0.3) is 5.91 Å². The van der Waals surface area contributed by atoms with Gasteiger partial charge in [-0.3, -0.25) is 9.59 Å². The maximum atomic E-state index is 12.2. The smallest absolute Gasteiger partial charge is 0.328 e. The number of nitrogens with zero attached hydrogens (tertiary/aromatic N) is 2. The summed E-state index contributed by atoms with van der Waals surface area (Å²) in [7, 11) is 1.35. The molecular formula is C16H19N3O5. The highest BCUT2D eigenvalue weighted by Gasteiger charge is 2.27. The molecule has 128 valence electrons. The number of carbonyl (C=O) groups excluding carboxylic acids is 2. The molecule has 1 aromatic carbocycles. The lowest BCUT2D eigenvalue weighted by Gasteiger charge is -2.24. The SMILES string of the molecule is COCC(NC(=O)C1=NN(Cc2ccccc2)C(=O)CC1)C(=O)O. The first-order chi connectivity index (χ1) is 11.5. The number of hydrogen-bond donors (Lipinski definition) is 2. The Labute approximate surface area is 139 Å². The average molecular weight is 333 g/mol. The second kappa shape index (κ2) is 8.21. The Morgan fingerprint density at radius 3 is 2.67 bits per heavy atom. The number of hydrazone groups is 1. The zero-order valence-electron chi connectivity index (χ0n) is 13.3. The molecule has 0 saturated heterocycles. The highest BCUT2D eigenvalue weighted by molar-refractivity contribution is 6.39. The minimum absolute atomic E-state index is 0.132. The molecule has 1 heterocycles. The number of carboxylic acid groups (broad SMARTS) is 1. The van der Waals surface area contributed by atoms with Crippen LogP contribution in [0, 0.1) is 0 Å². The van der Waals surface area contributed by atoms with Crippen LogP contribution in [0.3, 0.4) is 0 Å². The standard InChI is InChI=1S/C16H19N3O5/c1-24-10-13(16(22)23)17-15(21)12-7-8-14(20)19(18-12)9-11-5-3-2-4-6-11/h2-6,13H,7-10H2,1H3,(H,17,21)(H,22,23). The van der Waals surface area contributed by atoms with Gasteiger partial charge >= 0.3 is 5.97 Å². The molecule has 2 amide bonds. The number of nitrogens with one attached hydrogen (secondary N) is 1. The summed E-state index contributed by atoms with van der Waals surface area (Å²) in [6.45, 7) is 0.109.